The molecule has 0 aromatic rings. The van der Waals surface area contributed by atoms with Crippen LogP contribution in [0, 0.1) is 0 Å². The van der Waals surface area contributed by atoms with E-state index in [4.69, 9.17) is 4.18 Å². The van der Waals surface area contributed by atoms with Gasteiger partial charge in [-0.1, -0.05) is 6.92 Å². The van der Waals surface area contributed by atoms with Gasteiger partial charge in [-0.15, -0.1) is 0 Å². The Morgan fingerprint density at radius 3 is 2.50 bits per heavy atom. The molecule has 2 nitrogen and oxygen atoms in total. The maximum atomic E-state index is 10.5. The summed E-state index contributed by atoms with van der Waals surface area (Å²) < 4.78 is 15.3. The van der Waals surface area contributed by atoms with Crippen LogP contribution in [0.4, 0.5) is 0 Å². The van der Waals surface area contributed by atoms with Gasteiger partial charge in [0.05, 0.1) is 6.61 Å². The van der Waals surface area contributed by atoms with Gasteiger partial charge in [-0.25, -0.2) is 4.21 Å². The van der Waals surface area contributed by atoms with Gasteiger partial charge in [0.1, 0.15) is 0 Å². The van der Waals surface area contributed by atoms with Crippen molar-refractivity contribution in [3.05, 3.63) is 0 Å². The van der Waals surface area contributed by atoms with Crippen LogP contribution in [0.5, 0.6) is 0 Å². The third-order valence-electron chi connectivity index (χ3n) is 0.620. The number of hydrogen-bond donors (Lipinski definition) is 0. The molecular weight excluding hydrogens is 124 g/mol. The molecule has 0 heterocycles. The highest BCUT2D eigenvalue weighted by atomic mass is 32.2. The van der Waals surface area contributed by atoms with Gasteiger partial charge < -0.3 is 0 Å². The van der Waals surface area contributed by atoms with Gasteiger partial charge in [-0.05, 0) is 13.3 Å². The topological polar surface area (TPSA) is 26.3 Å². The van der Waals surface area contributed by atoms with E-state index in [1.165, 1.54) is 0 Å². The molecule has 0 rings (SSSR count). The van der Waals surface area contributed by atoms with E-state index < -0.39 is 11.1 Å². The molecule has 1 unspecified atom stereocenters. The van der Waals surface area contributed by atoms with E-state index in [0.717, 1.165) is 6.42 Å². The summed E-state index contributed by atoms with van der Waals surface area (Å²) in [6.07, 6.45) is 0.923. The summed E-state index contributed by atoms with van der Waals surface area (Å²) in [5.41, 5.74) is 0. The molecule has 50 valence electrons. The molecular formula is C5H12O2S. The Morgan fingerprint density at radius 1 is 1.50 bits per heavy atom. The summed E-state index contributed by atoms with van der Waals surface area (Å²) in [6, 6.07) is 0. The molecule has 1 atom stereocenters. The van der Waals surface area contributed by atoms with Crippen LogP contribution in [0.2, 0.25) is 0 Å². The lowest BCUT2D eigenvalue weighted by atomic mass is 10.6. The fourth-order valence-corrected chi connectivity index (χ4v) is 1.07. The Hall–Kier alpha value is 0.110. The van der Waals surface area contributed by atoms with Crippen molar-refractivity contribution in [1.29, 1.82) is 0 Å². The van der Waals surface area contributed by atoms with E-state index in [-0.39, 0.29) is 0 Å². The zero-order chi connectivity index (χ0) is 6.41. The van der Waals surface area contributed by atoms with Crippen LogP contribution < -0.4 is 0 Å². The lowest BCUT2D eigenvalue weighted by molar-refractivity contribution is 0.371. The predicted molar refractivity (Wildman–Crippen MR) is 34.9 cm³/mol. The van der Waals surface area contributed by atoms with Crippen LogP contribution in [0.25, 0.3) is 0 Å². The number of hydrogen-bond acceptors (Lipinski definition) is 2. The molecule has 8 heavy (non-hydrogen) atoms. The first-order chi connectivity index (χ1) is 3.81. The Labute approximate surface area is 52.9 Å². The van der Waals surface area contributed by atoms with Gasteiger partial charge in [0.15, 0.2) is 11.1 Å². The van der Waals surface area contributed by atoms with Crippen LogP contribution in [-0.4, -0.2) is 16.6 Å². The first-order valence-corrected chi connectivity index (χ1v) is 4.07. The minimum Gasteiger partial charge on any atom is -0.291 e. The normalized spacial score (nSPS) is 13.8. The van der Waals surface area contributed by atoms with Gasteiger partial charge in [0.25, 0.3) is 0 Å². The fraction of sp³-hybridized carbons (Fsp3) is 1.00. The molecule has 0 radical (unpaired) electrons. The molecule has 0 aromatic carbocycles. The molecule has 0 bridgehead atoms. The molecule has 0 aliphatic rings. The maximum Gasteiger partial charge on any atom is 0.155 e. The summed E-state index contributed by atoms with van der Waals surface area (Å²) in [6.45, 7) is 4.37. The molecule has 0 saturated heterocycles. The van der Waals surface area contributed by atoms with E-state index in [2.05, 4.69) is 0 Å². The van der Waals surface area contributed by atoms with E-state index in [1.54, 1.807) is 0 Å². The molecule has 3 heteroatoms. The summed E-state index contributed by atoms with van der Waals surface area (Å²) in [4.78, 5) is 0. The van der Waals surface area contributed by atoms with E-state index in [1.807, 2.05) is 13.8 Å². The smallest absolute Gasteiger partial charge is 0.155 e. The molecule has 0 aliphatic carbocycles. The first kappa shape index (κ1) is 8.11. The second-order valence-electron chi connectivity index (χ2n) is 1.41. The predicted octanol–water partition coefficient (Wildman–Crippen LogP) is 1.10. The minimum atomic E-state index is -1.02. The van der Waals surface area contributed by atoms with Gasteiger partial charge in [-0.2, -0.15) is 0 Å². The van der Waals surface area contributed by atoms with Crippen LogP contribution in [0.1, 0.15) is 20.3 Å². The van der Waals surface area contributed by atoms with Crippen molar-refractivity contribution in [3.8, 4) is 0 Å². The molecule has 0 aliphatic heterocycles. The SMILES string of the molecule is CCCS(=O)OCC. The first-order valence-electron chi connectivity index (χ1n) is 2.82. The second kappa shape index (κ2) is 5.25. The highest BCUT2D eigenvalue weighted by molar-refractivity contribution is 7.80. The zero-order valence-corrected chi connectivity index (χ0v) is 6.16. The molecule has 0 saturated carbocycles. The summed E-state index contributed by atoms with van der Waals surface area (Å²) >= 11 is -1.02. The average Bonchev–Trinajstić information content (AvgIpc) is 1.68. The minimum absolute atomic E-state index is 0.548. The van der Waals surface area contributed by atoms with Crippen molar-refractivity contribution >= 4 is 11.1 Å². The highest BCUT2D eigenvalue weighted by Crippen LogP contribution is 1.87. The average molecular weight is 136 g/mol. The van der Waals surface area contributed by atoms with Crippen LogP contribution in [-0.2, 0) is 15.3 Å². The maximum absolute atomic E-state index is 10.5. The standard InChI is InChI=1S/C5H12O2S/c1-3-5-8(6)7-4-2/h3-5H2,1-2H3. The quantitative estimate of drug-likeness (QED) is 0.578. The number of rotatable bonds is 4. The second-order valence-corrected chi connectivity index (χ2v) is 2.67. The summed E-state index contributed by atoms with van der Waals surface area (Å²) in [7, 11) is 0. The van der Waals surface area contributed by atoms with Crippen molar-refractivity contribution in [1.82, 2.24) is 0 Å². The van der Waals surface area contributed by atoms with E-state index in [0.29, 0.717) is 12.4 Å². The third kappa shape index (κ3) is 4.27. The van der Waals surface area contributed by atoms with Crippen molar-refractivity contribution in [2.24, 2.45) is 0 Å². The van der Waals surface area contributed by atoms with Crippen LogP contribution in [0.3, 0.4) is 0 Å². The van der Waals surface area contributed by atoms with E-state index in [9.17, 15) is 4.21 Å². The molecule has 0 fully saturated rings. The molecule has 0 N–H and O–H groups in total. The highest BCUT2D eigenvalue weighted by Gasteiger charge is 1.92. The van der Waals surface area contributed by atoms with Gasteiger partial charge in [0.2, 0.25) is 0 Å². The van der Waals surface area contributed by atoms with Crippen molar-refractivity contribution in [3.63, 3.8) is 0 Å². The Kier molecular flexibility index (Phi) is 5.32. The van der Waals surface area contributed by atoms with Crippen LogP contribution in [0.15, 0.2) is 0 Å². The summed E-state index contributed by atoms with van der Waals surface area (Å²) in [5, 5.41) is 0. The largest absolute Gasteiger partial charge is 0.291 e. The Balaban J connectivity index is 3.06. The van der Waals surface area contributed by atoms with Gasteiger partial charge in [-0.3, -0.25) is 4.18 Å². The summed E-state index contributed by atoms with van der Waals surface area (Å²) in [5.74, 6) is 0.661. The van der Waals surface area contributed by atoms with E-state index >= 15 is 0 Å². The molecule has 0 aromatic heterocycles. The third-order valence-corrected chi connectivity index (χ3v) is 1.86. The van der Waals surface area contributed by atoms with Crippen molar-refractivity contribution in [2.75, 3.05) is 12.4 Å². The molecule has 0 spiro atoms. The lowest BCUT2D eigenvalue weighted by Gasteiger charge is -1.94. The van der Waals surface area contributed by atoms with Crippen molar-refractivity contribution < 1.29 is 8.39 Å². The van der Waals surface area contributed by atoms with Crippen LogP contribution >= 0.6 is 0 Å². The monoisotopic (exact) mass is 136 g/mol. The fourth-order valence-electron chi connectivity index (χ4n) is 0.357. The van der Waals surface area contributed by atoms with Gasteiger partial charge >= 0.3 is 0 Å². The Bertz CT molecular complexity index is 64.8. The van der Waals surface area contributed by atoms with Gasteiger partial charge in [0, 0.05) is 5.75 Å². The van der Waals surface area contributed by atoms with Crippen molar-refractivity contribution in [2.45, 2.75) is 20.3 Å². The zero-order valence-electron chi connectivity index (χ0n) is 5.35. The molecule has 0 amide bonds. The Morgan fingerprint density at radius 2 is 2.12 bits per heavy atom. The lowest BCUT2D eigenvalue weighted by Crippen LogP contribution is -1.99.